The zero-order valence-electron chi connectivity index (χ0n) is 11.2. The van der Waals surface area contributed by atoms with Gasteiger partial charge in [-0.2, -0.15) is 4.98 Å². The molecule has 0 bridgehead atoms. The third kappa shape index (κ3) is 4.00. The van der Waals surface area contributed by atoms with E-state index in [1.807, 2.05) is 13.8 Å². The van der Waals surface area contributed by atoms with E-state index in [0.29, 0.717) is 26.3 Å². The lowest BCUT2D eigenvalue weighted by atomic mass is 10.3. The van der Waals surface area contributed by atoms with Crippen molar-refractivity contribution in [1.29, 1.82) is 0 Å². The van der Waals surface area contributed by atoms with E-state index >= 15 is 0 Å². The van der Waals surface area contributed by atoms with Crippen LogP contribution in [0.1, 0.15) is 19.5 Å². The minimum absolute atomic E-state index is 0.00737. The molecule has 1 heterocycles. The van der Waals surface area contributed by atoms with Gasteiger partial charge in [-0.1, -0.05) is 0 Å². The normalized spacial score (nSPS) is 10.5. The molecule has 0 aliphatic heterocycles. The Labute approximate surface area is 116 Å². The number of rotatable bonds is 7. The van der Waals surface area contributed by atoms with Crippen molar-refractivity contribution in [2.45, 2.75) is 20.8 Å². The number of nitro groups is 1. The highest BCUT2D eigenvalue weighted by molar-refractivity contribution is 6.28. The molecule has 0 saturated carbocycles. The number of aryl methyl sites for hydroxylation is 1. The summed E-state index contributed by atoms with van der Waals surface area (Å²) in [5.74, 6) is 0.240. The fourth-order valence-corrected chi connectivity index (χ4v) is 1.89. The second-order valence-corrected chi connectivity index (χ2v) is 4.12. The summed E-state index contributed by atoms with van der Waals surface area (Å²) in [4.78, 5) is 20.2. The van der Waals surface area contributed by atoms with Crippen molar-refractivity contribution < 1.29 is 9.66 Å². The summed E-state index contributed by atoms with van der Waals surface area (Å²) >= 11 is 5.79. The number of hydrogen-bond donors (Lipinski definition) is 0. The molecule has 0 N–H and O–H groups in total. The fourth-order valence-electron chi connectivity index (χ4n) is 1.69. The first-order valence-electron chi connectivity index (χ1n) is 6.02. The Morgan fingerprint density at radius 3 is 2.63 bits per heavy atom. The van der Waals surface area contributed by atoms with Gasteiger partial charge in [-0.05, 0) is 32.4 Å². The molecule has 0 fully saturated rings. The molecule has 0 aromatic carbocycles. The van der Waals surface area contributed by atoms with Gasteiger partial charge in [0.1, 0.15) is 5.69 Å². The molecule has 0 atom stereocenters. The van der Waals surface area contributed by atoms with Gasteiger partial charge < -0.3 is 9.64 Å². The lowest BCUT2D eigenvalue weighted by Gasteiger charge is -2.21. The molecule has 19 heavy (non-hydrogen) atoms. The molecule has 1 aromatic rings. The first-order chi connectivity index (χ1) is 9.01. The van der Waals surface area contributed by atoms with Crippen LogP contribution in [-0.4, -0.2) is 41.2 Å². The summed E-state index contributed by atoms with van der Waals surface area (Å²) in [5, 5.41) is 11.1. The van der Waals surface area contributed by atoms with Gasteiger partial charge in [0, 0.05) is 19.7 Å². The SMILES string of the molecule is CCOCCN(CC)c1nc(Cl)nc(C)c1[N+](=O)[O-]. The van der Waals surface area contributed by atoms with E-state index in [1.54, 1.807) is 11.8 Å². The number of nitrogens with zero attached hydrogens (tertiary/aromatic N) is 4. The standard InChI is InChI=1S/C11H17ClN4O3/c1-4-15(6-7-19-5-2)10-9(16(17)18)8(3)13-11(12)14-10/h4-7H2,1-3H3. The number of aromatic nitrogens is 2. The van der Waals surface area contributed by atoms with Crippen LogP contribution in [0, 0.1) is 17.0 Å². The first kappa shape index (κ1) is 15.6. The number of halogens is 1. The summed E-state index contributed by atoms with van der Waals surface area (Å²) < 4.78 is 5.26. The van der Waals surface area contributed by atoms with E-state index in [4.69, 9.17) is 16.3 Å². The summed E-state index contributed by atoms with van der Waals surface area (Å²) in [5.41, 5.74) is 0.151. The van der Waals surface area contributed by atoms with Crippen molar-refractivity contribution in [1.82, 2.24) is 9.97 Å². The number of anilines is 1. The largest absolute Gasteiger partial charge is 0.380 e. The lowest BCUT2D eigenvalue weighted by molar-refractivity contribution is -0.385. The van der Waals surface area contributed by atoms with Gasteiger partial charge >= 0.3 is 5.69 Å². The molecule has 106 valence electrons. The number of likely N-dealkylation sites (N-methyl/N-ethyl adjacent to an activating group) is 1. The van der Waals surface area contributed by atoms with Crippen LogP contribution in [-0.2, 0) is 4.74 Å². The highest BCUT2D eigenvalue weighted by Gasteiger charge is 2.25. The Morgan fingerprint density at radius 1 is 1.42 bits per heavy atom. The summed E-state index contributed by atoms with van der Waals surface area (Å²) in [6.07, 6.45) is 0. The Hall–Kier alpha value is -1.47. The van der Waals surface area contributed by atoms with Crippen LogP contribution in [0.4, 0.5) is 11.5 Å². The summed E-state index contributed by atoms with van der Waals surface area (Å²) in [7, 11) is 0. The van der Waals surface area contributed by atoms with Crippen LogP contribution in [0.5, 0.6) is 0 Å². The summed E-state index contributed by atoms with van der Waals surface area (Å²) in [6, 6.07) is 0. The van der Waals surface area contributed by atoms with Crippen molar-refractivity contribution in [3.63, 3.8) is 0 Å². The van der Waals surface area contributed by atoms with Crippen LogP contribution in [0.2, 0.25) is 5.28 Å². The Bertz CT molecular complexity index is 456. The van der Waals surface area contributed by atoms with E-state index in [9.17, 15) is 10.1 Å². The van der Waals surface area contributed by atoms with E-state index in [-0.39, 0.29) is 22.5 Å². The van der Waals surface area contributed by atoms with Crippen LogP contribution in [0.3, 0.4) is 0 Å². The second kappa shape index (κ2) is 7.20. The van der Waals surface area contributed by atoms with Crippen molar-refractivity contribution in [2.24, 2.45) is 0 Å². The fraction of sp³-hybridized carbons (Fsp3) is 0.636. The van der Waals surface area contributed by atoms with Crippen LogP contribution >= 0.6 is 11.6 Å². The molecule has 0 radical (unpaired) electrons. The number of ether oxygens (including phenoxy) is 1. The Morgan fingerprint density at radius 2 is 2.11 bits per heavy atom. The predicted octanol–water partition coefficient (Wildman–Crippen LogP) is 2.21. The van der Waals surface area contributed by atoms with Crippen molar-refractivity contribution in [2.75, 3.05) is 31.2 Å². The van der Waals surface area contributed by atoms with Gasteiger partial charge in [0.15, 0.2) is 0 Å². The highest BCUT2D eigenvalue weighted by Crippen LogP contribution is 2.29. The molecule has 0 aliphatic rings. The smallest absolute Gasteiger partial charge is 0.332 e. The van der Waals surface area contributed by atoms with Crippen LogP contribution < -0.4 is 4.90 Å². The Balaban J connectivity index is 3.10. The van der Waals surface area contributed by atoms with Crippen molar-refractivity contribution >= 4 is 23.1 Å². The van der Waals surface area contributed by atoms with E-state index in [0.717, 1.165) is 0 Å². The molecule has 8 heteroatoms. The third-order valence-corrected chi connectivity index (χ3v) is 2.76. The highest BCUT2D eigenvalue weighted by atomic mass is 35.5. The summed E-state index contributed by atoms with van der Waals surface area (Å²) in [6.45, 7) is 7.49. The zero-order chi connectivity index (χ0) is 14.4. The predicted molar refractivity (Wildman–Crippen MR) is 72.8 cm³/mol. The van der Waals surface area contributed by atoms with E-state index < -0.39 is 4.92 Å². The van der Waals surface area contributed by atoms with Gasteiger partial charge in [0.05, 0.1) is 11.5 Å². The average Bonchev–Trinajstić information content (AvgIpc) is 2.33. The zero-order valence-corrected chi connectivity index (χ0v) is 12.0. The monoisotopic (exact) mass is 288 g/mol. The van der Waals surface area contributed by atoms with Crippen LogP contribution in [0.15, 0.2) is 0 Å². The lowest BCUT2D eigenvalue weighted by Crippen LogP contribution is -2.29. The maximum atomic E-state index is 11.1. The van der Waals surface area contributed by atoms with E-state index in [1.165, 1.54) is 0 Å². The molecular formula is C11H17ClN4O3. The number of hydrogen-bond acceptors (Lipinski definition) is 6. The van der Waals surface area contributed by atoms with Crippen LogP contribution in [0.25, 0.3) is 0 Å². The van der Waals surface area contributed by atoms with Gasteiger partial charge in [0.2, 0.25) is 11.1 Å². The first-order valence-corrected chi connectivity index (χ1v) is 6.40. The van der Waals surface area contributed by atoms with Gasteiger partial charge in [-0.15, -0.1) is 0 Å². The maximum Gasteiger partial charge on any atom is 0.332 e. The quantitative estimate of drug-likeness (QED) is 0.331. The molecule has 1 aromatic heterocycles. The van der Waals surface area contributed by atoms with Crippen molar-refractivity contribution in [3.05, 3.63) is 21.1 Å². The minimum Gasteiger partial charge on any atom is -0.380 e. The molecule has 7 nitrogen and oxygen atoms in total. The molecule has 1 rings (SSSR count). The Kier molecular flexibility index (Phi) is 5.91. The van der Waals surface area contributed by atoms with Gasteiger partial charge in [-0.3, -0.25) is 10.1 Å². The van der Waals surface area contributed by atoms with Gasteiger partial charge in [-0.25, -0.2) is 4.98 Å². The molecule has 0 saturated heterocycles. The van der Waals surface area contributed by atoms with Crippen molar-refractivity contribution in [3.8, 4) is 0 Å². The molecule has 0 spiro atoms. The average molecular weight is 289 g/mol. The molecule has 0 amide bonds. The third-order valence-electron chi connectivity index (χ3n) is 2.59. The minimum atomic E-state index is -0.482. The topological polar surface area (TPSA) is 81.4 Å². The molecule has 0 aliphatic carbocycles. The molecule has 0 unspecified atom stereocenters. The second-order valence-electron chi connectivity index (χ2n) is 3.78. The molecular weight excluding hydrogens is 272 g/mol. The maximum absolute atomic E-state index is 11.1. The van der Waals surface area contributed by atoms with Gasteiger partial charge in [0.25, 0.3) is 0 Å². The van der Waals surface area contributed by atoms with E-state index in [2.05, 4.69) is 9.97 Å².